The third-order valence-corrected chi connectivity index (χ3v) is 8.37. The van der Waals surface area contributed by atoms with Crippen molar-refractivity contribution >= 4 is 19.8 Å². The minimum absolute atomic E-state index is 0.177. The average Bonchev–Trinajstić information content (AvgIpc) is 3.02. The standard InChI is InChI=1S/C34H65O10P/c1-3-5-7-9-11-13-15-17-19-21-23-25-33(37)41-29-32(30-43-45(39,40)42-28-31(36)27-35)44-34(38)26-24-22-20-18-16-14-12-10-8-6-4-2/h10,12,31-32,35-36H,3-9,11,13-30H2,1-2H3,(H,39,40)/b12-10-. The molecule has 10 nitrogen and oxygen atoms in total. The van der Waals surface area contributed by atoms with Crippen molar-refractivity contribution < 1.29 is 47.8 Å². The first kappa shape index (κ1) is 43.7. The number of hydrogen-bond donors (Lipinski definition) is 3. The van der Waals surface area contributed by atoms with E-state index in [1.54, 1.807) is 0 Å². The predicted octanol–water partition coefficient (Wildman–Crippen LogP) is 8.11. The predicted molar refractivity (Wildman–Crippen MR) is 178 cm³/mol. The van der Waals surface area contributed by atoms with E-state index in [2.05, 4.69) is 30.5 Å². The van der Waals surface area contributed by atoms with Crippen LogP contribution in [0.15, 0.2) is 12.2 Å². The van der Waals surface area contributed by atoms with Gasteiger partial charge in [0.05, 0.1) is 19.8 Å². The first-order chi connectivity index (χ1) is 21.7. The molecule has 0 saturated carbocycles. The molecule has 0 heterocycles. The Morgan fingerprint density at radius 3 is 1.67 bits per heavy atom. The summed E-state index contributed by atoms with van der Waals surface area (Å²) in [6.07, 6.45) is 24.7. The van der Waals surface area contributed by atoms with Crippen molar-refractivity contribution in [1.29, 1.82) is 0 Å². The van der Waals surface area contributed by atoms with Gasteiger partial charge in [-0.15, -0.1) is 0 Å². The second kappa shape index (κ2) is 31.3. The largest absolute Gasteiger partial charge is 0.472 e. The number of hydrogen-bond acceptors (Lipinski definition) is 9. The molecule has 0 rings (SSSR count). The van der Waals surface area contributed by atoms with Gasteiger partial charge in [-0.2, -0.15) is 0 Å². The van der Waals surface area contributed by atoms with Gasteiger partial charge in [0.2, 0.25) is 0 Å². The lowest BCUT2D eigenvalue weighted by atomic mass is 10.1. The van der Waals surface area contributed by atoms with Gasteiger partial charge in [-0.1, -0.05) is 122 Å². The number of allylic oxidation sites excluding steroid dienone is 2. The van der Waals surface area contributed by atoms with E-state index < -0.39 is 51.8 Å². The summed E-state index contributed by atoms with van der Waals surface area (Å²) in [7, 11) is -4.60. The Balaban J connectivity index is 4.42. The van der Waals surface area contributed by atoms with Crippen LogP contribution in [-0.4, -0.2) is 65.7 Å². The second-order valence-corrected chi connectivity index (χ2v) is 13.4. The van der Waals surface area contributed by atoms with Crippen LogP contribution in [0.5, 0.6) is 0 Å². The van der Waals surface area contributed by atoms with Gasteiger partial charge in [-0.25, -0.2) is 4.57 Å². The molecule has 0 aromatic carbocycles. The number of unbranched alkanes of at least 4 members (excludes halogenated alkanes) is 17. The van der Waals surface area contributed by atoms with Crippen LogP contribution in [0.25, 0.3) is 0 Å². The smallest absolute Gasteiger partial charge is 0.462 e. The minimum Gasteiger partial charge on any atom is -0.462 e. The molecule has 0 aliphatic heterocycles. The molecule has 3 atom stereocenters. The maximum absolute atomic E-state index is 12.5. The zero-order valence-corrected chi connectivity index (χ0v) is 29.2. The fourth-order valence-electron chi connectivity index (χ4n) is 4.62. The Kier molecular flexibility index (Phi) is 30.4. The van der Waals surface area contributed by atoms with Crippen molar-refractivity contribution in [2.75, 3.05) is 26.4 Å². The molecule has 0 amide bonds. The lowest BCUT2D eigenvalue weighted by molar-refractivity contribution is -0.161. The van der Waals surface area contributed by atoms with Gasteiger partial charge >= 0.3 is 19.8 Å². The Hall–Kier alpha value is -1.29. The van der Waals surface area contributed by atoms with Gasteiger partial charge < -0.3 is 24.6 Å². The van der Waals surface area contributed by atoms with Crippen molar-refractivity contribution in [3.05, 3.63) is 12.2 Å². The van der Waals surface area contributed by atoms with E-state index in [9.17, 15) is 24.2 Å². The Morgan fingerprint density at radius 2 is 1.11 bits per heavy atom. The molecule has 0 aliphatic rings. The highest BCUT2D eigenvalue weighted by Crippen LogP contribution is 2.43. The highest BCUT2D eigenvalue weighted by molar-refractivity contribution is 7.47. The highest BCUT2D eigenvalue weighted by Gasteiger charge is 2.27. The maximum atomic E-state index is 12.5. The molecule has 11 heteroatoms. The molecule has 3 unspecified atom stereocenters. The quantitative estimate of drug-likeness (QED) is 0.0272. The van der Waals surface area contributed by atoms with Gasteiger partial charge in [0, 0.05) is 12.8 Å². The van der Waals surface area contributed by atoms with E-state index in [0.29, 0.717) is 12.8 Å². The van der Waals surface area contributed by atoms with Crippen molar-refractivity contribution in [2.45, 2.75) is 167 Å². The zero-order chi connectivity index (χ0) is 33.4. The third-order valence-electron chi connectivity index (χ3n) is 7.42. The average molecular weight is 665 g/mol. The Morgan fingerprint density at radius 1 is 0.644 bits per heavy atom. The van der Waals surface area contributed by atoms with Gasteiger partial charge in [-0.3, -0.25) is 18.6 Å². The summed E-state index contributed by atoms with van der Waals surface area (Å²) < 4.78 is 32.4. The molecule has 3 N–H and O–H groups in total. The van der Waals surface area contributed by atoms with Crippen molar-refractivity contribution in [3.8, 4) is 0 Å². The van der Waals surface area contributed by atoms with Gasteiger partial charge in [0.25, 0.3) is 0 Å². The summed E-state index contributed by atoms with van der Waals surface area (Å²) in [4.78, 5) is 34.6. The number of phosphoric acid groups is 1. The number of ether oxygens (including phenoxy) is 2. The number of carbonyl (C=O) groups is 2. The summed E-state index contributed by atoms with van der Waals surface area (Å²) in [5.74, 6) is -0.935. The van der Waals surface area contributed by atoms with E-state index in [1.807, 2.05) is 0 Å². The van der Waals surface area contributed by atoms with Crippen LogP contribution in [0.4, 0.5) is 0 Å². The van der Waals surface area contributed by atoms with Crippen LogP contribution in [0.2, 0.25) is 0 Å². The van der Waals surface area contributed by atoms with E-state index in [4.69, 9.17) is 19.1 Å². The number of rotatable bonds is 33. The van der Waals surface area contributed by atoms with Gasteiger partial charge in [0.15, 0.2) is 6.10 Å². The van der Waals surface area contributed by atoms with Crippen LogP contribution in [0, 0.1) is 0 Å². The summed E-state index contributed by atoms with van der Waals surface area (Å²) in [6, 6.07) is 0. The van der Waals surface area contributed by atoms with Crippen LogP contribution in [0.1, 0.15) is 155 Å². The lowest BCUT2D eigenvalue weighted by Gasteiger charge is -2.20. The van der Waals surface area contributed by atoms with E-state index in [-0.39, 0.29) is 19.4 Å². The molecule has 0 spiro atoms. The van der Waals surface area contributed by atoms with Crippen LogP contribution in [-0.2, 0) is 32.7 Å². The first-order valence-corrected chi connectivity index (χ1v) is 19.1. The van der Waals surface area contributed by atoms with Crippen LogP contribution in [0.3, 0.4) is 0 Å². The number of carbonyl (C=O) groups excluding carboxylic acids is 2. The number of esters is 2. The Bertz CT molecular complexity index is 776. The third kappa shape index (κ3) is 31.1. The molecule has 0 saturated heterocycles. The number of phosphoric ester groups is 1. The first-order valence-electron chi connectivity index (χ1n) is 17.6. The summed E-state index contributed by atoms with van der Waals surface area (Å²) in [5.41, 5.74) is 0. The summed E-state index contributed by atoms with van der Waals surface area (Å²) in [6.45, 7) is 2.30. The summed E-state index contributed by atoms with van der Waals surface area (Å²) in [5, 5.41) is 18.2. The molecule has 45 heavy (non-hydrogen) atoms. The van der Waals surface area contributed by atoms with Crippen LogP contribution < -0.4 is 0 Å². The minimum atomic E-state index is -4.60. The fourth-order valence-corrected chi connectivity index (χ4v) is 5.41. The Labute approximate surface area is 273 Å². The molecule has 0 radical (unpaired) electrons. The monoisotopic (exact) mass is 664 g/mol. The second-order valence-electron chi connectivity index (χ2n) is 11.9. The molecular weight excluding hydrogens is 599 g/mol. The van der Waals surface area contributed by atoms with E-state index in [0.717, 1.165) is 57.8 Å². The molecule has 0 aromatic heterocycles. The number of aliphatic hydroxyl groups is 2. The van der Waals surface area contributed by atoms with Crippen molar-refractivity contribution in [2.24, 2.45) is 0 Å². The molecule has 0 bridgehead atoms. The fraction of sp³-hybridized carbons (Fsp3) is 0.882. The SMILES string of the molecule is CCCC/C=C\CCCCCCCC(=O)OC(COC(=O)CCCCCCCCCCCCC)COP(=O)(O)OCC(O)CO. The van der Waals surface area contributed by atoms with Crippen molar-refractivity contribution in [1.82, 2.24) is 0 Å². The summed E-state index contributed by atoms with van der Waals surface area (Å²) >= 11 is 0. The normalized spacial score (nSPS) is 14.3. The molecular formula is C34H65O10P. The topological polar surface area (TPSA) is 149 Å². The molecule has 0 aliphatic carbocycles. The molecule has 266 valence electrons. The zero-order valence-electron chi connectivity index (χ0n) is 28.3. The van der Waals surface area contributed by atoms with Crippen molar-refractivity contribution in [3.63, 3.8) is 0 Å². The van der Waals surface area contributed by atoms with E-state index in [1.165, 1.54) is 57.8 Å². The molecule has 0 aromatic rings. The van der Waals surface area contributed by atoms with E-state index >= 15 is 0 Å². The van der Waals surface area contributed by atoms with Gasteiger partial charge in [0.1, 0.15) is 12.7 Å². The lowest BCUT2D eigenvalue weighted by Crippen LogP contribution is -2.29. The maximum Gasteiger partial charge on any atom is 0.472 e. The van der Waals surface area contributed by atoms with Crippen LogP contribution >= 0.6 is 7.82 Å². The van der Waals surface area contributed by atoms with Gasteiger partial charge in [-0.05, 0) is 32.1 Å². The highest BCUT2D eigenvalue weighted by atomic mass is 31.2. The molecule has 0 fully saturated rings. The number of aliphatic hydroxyl groups excluding tert-OH is 2.